The highest BCUT2D eigenvalue weighted by atomic mass is 32.1. The molecule has 1 fully saturated rings. The second kappa shape index (κ2) is 7.14. The van der Waals surface area contributed by atoms with Crippen LogP contribution in [0, 0.1) is 0 Å². The van der Waals surface area contributed by atoms with Crippen molar-refractivity contribution in [3.8, 4) is 0 Å². The van der Waals surface area contributed by atoms with Crippen LogP contribution in [0.5, 0.6) is 0 Å². The molecular formula is C17H17N9O2S. The van der Waals surface area contributed by atoms with E-state index in [0.717, 1.165) is 21.3 Å². The molecule has 29 heavy (non-hydrogen) atoms. The maximum absolute atomic E-state index is 12.2. The molecule has 1 aliphatic heterocycles. The Kier molecular flexibility index (Phi) is 4.33. The minimum atomic E-state index is -0.537. The van der Waals surface area contributed by atoms with Crippen molar-refractivity contribution in [2.24, 2.45) is 0 Å². The van der Waals surface area contributed by atoms with Gasteiger partial charge in [-0.05, 0) is 18.2 Å². The van der Waals surface area contributed by atoms with Gasteiger partial charge in [0.2, 0.25) is 5.95 Å². The van der Waals surface area contributed by atoms with Crippen molar-refractivity contribution in [3.05, 3.63) is 29.9 Å². The van der Waals surface area contributed by atoms with E-state index in [2.05, 4.69) is 35.4 Å². The molecule has 4 aromatic rings. The van der Waals surface area contributed by atoms with Gasteiger partial charge in [-0.25, -0.2) is 14.8 Å². The van der Waals surface area contributed by atoms with E-state index >= 15 is 0 Å². The lowest BCUT2D eigenvalue weighted by Gasteiger charge is -2.33. The first-order chi connectivity index (χ1) is 14.2. The van der Waals surface area contributed by atoms with Gasteiger partial charge < -0.3 is 15.5 Å². The number of hydrogen-bond donors (Lipinski definition) is 3. The average molecular weight is 411 g/mol. The number of carbonyl (C=O) groups is 1. The highest BCUT2D eigenvalue weighted by Gasteiger charge is 2.24. The molecule has 12 heteroatoms. The Morgan fingerprint density at radius 3 is 2.97 bits per heavy atom. The van der Waals surface area contributed by atoms with Crippen LogP contribution in [0.4, 0.5) is 22.2 Å². The van der Waals surface area contributed by atoms with E-state index in [1.165, 1.54) is 11.3 Å². The zero-order valence-corrected chi connectivity index (χ0v) is 16.0. The van der Waals surface area contributed by atoms with Gasteiger partial charge in [-0.2, -0.15) is 10.1 Å². The van der Waals surface area contributed by atoms with Crippen LogP contribution in [0.3, 0.4) is 0 Å². The normalized spacial score (nSPS) is 15.1. The Balaban J connectivity index is 1.20. The van der Waals surface area contributed by atoms with E-state index < -0.39 is 6.09 Å². The van der Waals surface area contributed by atoms with E-state index in [1.807, 2.05) is 6.07 Å². The Labute approximate surface area is 168 Å². The number of fused-ring (bicyclic) bond motifs is 2. The number of amides is 1. The first-order valence-electron chi connectivity index (χ1n) is 8.94. The lowest BCUT2D eigenvalue weighted by molar-refractivity contribution is -0.0966. The number of nitrogen functional groups attached to an aromatic ring is 1. The second-order valence-electron chi connectivity index (χ2n) is 6.50. The summed E-state index contributed by atoms with van der Waals surface area (Å²) in [5, 5.41) is 12.2. The Hall–Kier alpha value is -3.51. The fourth-order valence-electron chi connectivity index (χ4n) is 3.25. The number of anilines is 3. The van der Waals surface area contributed by atoms with Crippen molar-refractivity contribution >= 4 is 56.1 Å². The second-order valence-corrected chi connectivity index (χ2v) is 7.34. The lowest BCUT2D eigenvalue weighted by Crippen LogP contribution is -2.47. The van der Waals surface area contributed by atoms with E-state index in [9.17, 15) is 4.79 Å². The molecule has 0 bridgehead atoms. The van der Waals surface area contributed by atoms with Crippen molar-refractivity contribution in [3.63, 3.8) is 0 Å². The number of thiazole rings is 1. The molecule has 0 radical (unpaired) electrons. The van der Waals surface area contributed by atoms with Gasteiger partial charge in [-0.1, -0.05) is 0 Å². The molecule has 0 atom stereocenters. The molecule has 1 aliphatic rings. The van der Waals surface area contributed by atoms with E-state index in [0.29, 0.717) is 37.7 Å². The average Bonchev–Trinajstić information content (AvgIpc) is 3.36. The lowest BCUT2D eigenvalue weighted by atomic mass is 10.2. The fraction of sp³-hybridized carbons (Fsp3) is 0.235. The van der Waals surface area contributed by atoms with Gasteiger partial charge in [-0.15, -0.1) is 16.4 Å². The molecule has 0 unspecified atom stereocenters. The van der Waals surface area contributed by atoms with Crippen molar-refractivity contribution in [1.29, 1.82) is 0 Å². The summed E-state index contributed by atoms with van der Waals surface area (Å²) < 4.78 is 0. The summed E-state index contributed by atoms with van der Waals surface area (Å²) in [6.45, 7) is 2.30. The number of aromatic amines is 1. The third kappa shape index (κ3) is 3.50. The third-order valence-electron chi connectivity index (χ3n) is 4.64. The highest BCUT2D eigenvalue weighted by Crippen LogP contribution is 2.26. The molecule has 5 rings (SSSR count). The largest absolute Gasteiger partial charge is 0.430 e. The van der Waals surface area contributed by atoms with Gasteiger partial charge in [0, 0.05) is 24.2 Å². The molecule has 4 N–H and O–H groups in total. The highest BCUT2D eigenvalue weighted by molar-refractivity contribution is 7.16. The molecule has 0 aliphatic carbocycles. The Morgan fingerprint density at radius 1 is 1.24 bits per heavy atom. The van der Waals surface area contributed by atoms with E-state index in [1.54, 1.807) is 28.9 Å². The molecular weight excluding hydrogens is 394 g/mol. The van der Waals surface area contributed by atoms with Gasteiger partial charge in [-0.3, -0.25) is 10.4 Å². The summed E-state index contributed by atoms with van der Waals surface area (Å²) in [6, 6.07) is 5.48. The van der Waals surface area contributed by atoms with Crippen LogP contribution in [0.25, 0.3) is 21.3 Å². The first kappa shape index (κ1) is 17.6. The quantitative estimate of drug-likeness (QED) is 0.461. The van der Waals surface area contributed by atoms with Crippen molar-refractivity contribution in [2.45, 2.75) is 0 Å². The minimum absolute atomic E-state index is 0.226. The van der Waals surface area contributed by atoms with Crippen LogP contribution in [0.1, 0.15) is 0 Å². The van der Waals surface area contributed by atoms with E-state index in [4.69, 9.17) is 10.6 Å². The number of piperazine rings is 1. The number of nitrogens with zero attached hydrogens (tertiary/aromatic N) is 6. The number of nitrogens with one attached hydrogen (secondary N) is 2. The number of rotatable bonds is 3. The molecule has 0 spiro atoms. The number of aromatic nitrogens is 5. The van der Waals surface area contributed by atoms with Crippen LogP contribution < -0.4 is 16.0 Å². The number of H-pyrrole nitrogens is 1. The fourth-order valence-corrected chi connectivity index (χ4v) is 3.91. The number of benzene rings is 1. The molecule has 1 saturated heterocycles. The number of nitrogens with two attached hydrogens (primary N) is 1. The van der Waals surface area contributed by atoms with Gasteiger partial charge in [0.15, 0.2) is 10.6 Å². The number of carbonyl (C=O) groups excluding carboxylic acids is 1. The molecule has 0 saturated carbocycles. The van der Waals surface area contributed by atoms with Crippen molar-refractivity contribution in [2.75, 3.05) is 42.1 Å². The summed E-state index contributed by atoms with van der Waals surface area (Å²) >= 11 is 1.43. The van der Waals surface area contributed by atoms with Crippen LogP contribution in [0.15, 0.2) is 29.9 Å². The molecule has 148 valence electrons. The van der Waals surface area contributed by atoms with Crippen LogP contribution in [-0.2, 0) is 4.84 Å². The topological polar surface area (TPSA) is 138 Å². The molecule has 11 nitrogen and oxygen atoms in total. The monoisotopic (exact) mass is 411 g/mol. The first-order valence-corrected chi connectivity index (χ1v) is 9.82. The summed E-state index contributed by atoms with van der Waals surface area (Å²) in [5.41, 5.74) is 9.76. The Morgan fingerprint density at radius 2 is 2.10 bits per heavy atom. The van der Waals surface area contributed by atoms with Crippen LogP contribution in [-0.4, -0.2) is 62.5 Å². The molecule has 1 amide bonds. The molecule has 1 aromatic carbocycles. The summed E-state index contributed by atoms with van der Waals surface area (Å²) in [4.78, 5) is 33.4. The molecule has 4 heterocycles. The van der Waals surface area contributed by atoms with Crippen LogP contribution >= 0.6 is 11.3 Å². The summed E-state index contributed by atoms with van der Waals surface area (Å²) in [6.07, 6.45) is 1.19. The third-order valence-corrected chi connectivity index (χ3v) is 5.35. The standard InChI is InChI=1S/C17H17N9O2S/c18-16-22-14(13-15(23-16)29-9-19-13)25-3-5-26(6-4-25)28-17(27)21-11-2-1-10-8-20-24-12(10)7-11/h1-2,7-9H,3-6H2,(H,20,24)(H,21,27)(H2,18,22,23). The van der Waals surface area contributed by atoms with Gasteiger partial charge in [0.1, 0.15) is 5.52 Å². The minimum Gasteiger partial charge on any atom is -0.368 e. The summed E-state index contributed by atoms with van der Waals surface area (Å²) in [7, 11) is 0. The summed E-state index contributed by atoms with van der Waals surface area (Å²) in [5.74, 6) is 0.940. The maximum atomic E-state index is 12.2. The van der Waals surface area contributed by atoms with E-state index in [-0.39, 0.29) is 5.95 Å². The maximum Gasteiger partial charge on any atom is 0.430 e. The number of hydrogen-bond acceptors (Lipinski definition) is 10. The predicted octanol–water partition coefficient (Wildman–Crippen LogP) is 1.83. The van der Waals surface area contributed by atoms with Gasteiger partial charge >= 0.3 is 6.09 Å². The van der Waals surface area contributed by atoms with Gasteiger partial charge in [0.25, 0.3) is 0 Å². The zero-order chi connectivity index (χ0) is 19.8. The van der Waals surface area contributed by atoms with Crippen molar-refractivity contribution in [1.82, 2.24) is 30.2 Å². The van der Waals surface area contributed by atoms with Crippen molar-refractivity contribution < 1.29 is 9.63 Å². The number of hydroxylamine groups is 2. The molecule has 3 aromatic heterocycles. The zero-order valence-electron chi connectivity index (χ0n) is 15.2. The van der Waals surface area contributed by atoms with Gasteiger partial charge in [0.05, 0.1) is 30.3 Å². The smallest absolute Gasteiger partial charge is 0.368 e. The Bertz CT molecular complexity index is 1180. The predicted molar refractivity (Wildman–Crippen MR) is 110 cm³/mol. The SMILES string of the molecule is Nc1nc(N2CCN(OC(=O)Nc3ccc4cn[nH]c4c3)CC2)c2ncsc2n1. The van der Waals surface area contributed by atoms with Crippen LogP contribution in [0.2, 0.25) is 0 Å².